The van der Waals surface area contributed by atoms with E-state index < -0.39 is 24.6 Å². The molecule has 0 saturated heterocycles. The molecule has 32 heavy (non-hydrogen) atoms. The van der Waals surface area contributed by atoms with Gasteiger partial charge in [-0.1, -0.05) is 60.7 Å². The van der Waals surface area contributed by atoms with Crippen LogP contribution in [0.15, 0.2) is 66.7 Å². The summed E-state index contributed by atoms with van der Waals surface area (Å²) in [5, 5.41) is 0.660. The predicted octanol–water partition coefficient (Wildman–Crippen LogP) is 3.39. The molecule has 0 amide bonds. The first-order valence-corrected chi connectivity index (χ1v) is 9.65. The molecule has 0 spiro atoms. The van der Waals surface area contributed by atoms with Gasteiger partial charge < -0.3 is 10.6 Å². The molecule has 0 fully saturated rings. The number of nitrogens with two attached hydrogens (primary N) is 2. The van der Waals surface area contributed by atoms with Crippen molar-refractivity contribution in [2.24, 2.45) is 11.5 Å². The second kappa shape index (κ2) is 8.23. The molecule has 0 bridgehead atoms. The van der Waals surface area contributed by atoms with E-state index in [4.69, 9.17) is 11.5 Å². The molecule has 7 nitrogen and oxygen atoms in total. The Morgan fingerprint density at radius 1 is 1.00 bits per heavy atom. The van der Waals surface area contributed by atoms with Crippen molar-refractivity contribution in [1.29, 1.82) is 0 Å². The van der Waals surface area contributed by atoms with Crippen LogP contribution in [0.25, 0.3) is 22.4 Å². The number of carbonyl (C=O) groups is 1. The van der Waals surface area contributed by atoms with Gasteiger partial charge in [-0.25, -0.2) is 9.78 Å². The molecule has 1 aromatic heterocycles. The smallest absolute Gasteiger partial charge is 0.328 e. The molecule has 0 saturated carbocycles. The molecule has 2 unspecified atom stereocenters. The molecule has 4 N–H and O–H groups in total. The monoisotopic (exact) mass is 443 g/mol. The summed E-state index contributed by atoms with van der Waals surface area (Å²) in [7, 11) is 1.52. The van der Waals surface area contributed by atoms with Crippen molar-refractivity contribution in [2.45, 2.75) is 18.6 Å². The van der Waals surface area contributed by atoms with Gasteiger partial charge >= 0.3 is 12.1 Å². The number of anilines is 1. The van der Waals surface area contributed by atoms with E-state index in [1.165, 1.54) is 11.9 Å². The lowest BCUT2D eigenvalue weighted by atomic mass is 9.95. The second-order valence-corrected chi connectivity index (χ2v) is 7.25. The van der Waals surface area contributed by atoms with Gasteiger partial charge in [-0.05, 0) is 24.2 Å². The van der Waals surface area contributed by atoms with E-state index in [0.717, 1.165) is 11.1 Å². The van der Waals surface area contributed by atoms with Crippen molar-refractivity contribution in [2.75, 3.05) is 12.1 Å². The average molecular weight is 443 g/mol. The first-order chi connectivity index (χ1) is 15.2. The largest absolute Gasteiger partial charge is 0.493 e. The minimum Gasteiger partial charge on any atom is -0.328 e. The predicted molar refractivity (Wildman–Crippen MR) is 112 cm³/mol. The summed E-state index contributed by atoms with van der Waals surface area (Å²) in [6.45, 7) is 0. The molecule has 2 aromatic carbocycles. The third-order valence-electron chi connectivity index (χ3n) is 5.21. The van der Waals surface area contributed by atoms with Crippen molar-refractivity contribution in [3.63, 3.8) is 0 Å². The van der Waals surface area contributed by atoms with Crippen LogP contribution in [0, 0.1) is 0 Å². The number of alkyl halides is 3. The number of pyridine rings is 1. The highest BCUT2D eigenvalue weighted by Crippen LogP contribution is 2.42. The molecule has 4 rings (SSSR count). The minimum atomic E-state index is -5.21. The highest BCUT2D eigenvalue weighted by molar-refractivity contribution is 5.81. The van der Waals surface area contributed by atoms with Crippen LogP contribution in [0.5, 0.6) is 0 Å². The normalized spacial score (nSPS) is 18.9. The van der Waals surface area contributed by atoms with Crippen LogP contribution in [0.3, 0.4) is 0 Å². The minimum absolute atomic E-state index is 0.0547. The number of carbonyl (C=O) groups excluding carboxylic acids is 1. The molecule has 1 aliphatic rings. The molecule has 166 valence electrons. The molecular formula is C22H20F3N5O2. The van der Waals surface area contributed by atoms with Gasteiger partial charge in [-0.15, -0.1) is 0 Å². The third-order valence-corrected chi connectivity index (χ3v) is 5.21. The number of halogens is 3. The number of hydrogen-bond donors (Lipinski definition) is 2. The van der Waals surface area contributed by atoms with Crippen LogP contribution in [-0.2, 0) is 9.63 Å². The summed E-state index contributed by atoms with van der Waals surface area (Å²) in [6.07, 6.45) is -7.31. The van der Waals surface area contributed by atoms with Gasteiger partial charge in [0.15, 0.2) is 12.1 Å². The summed E-state index contributed by atoms with van der Waals surface area (Å²) >= 11 is 0. The number of nitrogens with zero attached hydrogens (tertiary/aromatic N) is 3. The van der Waals surface area contributed by atoms with Crippen LogP contribution in [0.2, 0.25) is 0 Å². The molecule has 2 atom stereocenters. The van der Waals surface area contributed by atoms with Gasteiger partial charge in [0.05, 0.1) is 11.9 Å². The number of fused-ring (bicyclic) bond motifs is 1. The van der Waals surface area contributed by atoms with Gasteiger partial charge in [0.25, 0.3) is 0 Å². The highest BCUT2D eigenvalue weighted by Gasteiger charge is 2.46. The van der Waals surface area contributed by atoms with E-state index in [1.54, 1.807) is 6.07 Å². The number of hydroxylamine groups is 1. The Kier molecular flexibility index (Phi) is 5.59. The summed E-state index contributed by atoms with van der Waals surface area (Å²) in [5.41, 5.74) is 15.4. The quantitative estimate of drug-likeness (QED) is 0.640. The number of hydrogen-bond acceptors (Lipinski definition) is 7. The van der Waals surface area contributed by atoms with Gasteiger partial charge in [-0.2, -0.15) is 18.2 Å². The first kappa shape index (κ1) is 21.8. The zero-order valence-electron chi connectivity index (χ0n) is 17.0. The lowest BCUT2D eigenvalue weighted by molar-refractivity contribution is -0.204. The Bertz CT molecular complexity index is 1130. The van der Waals surface area contributed by atoms with Crippen molar-refractivity contribution in [1.82, 2.24) is 9.88 Å². The Balaban J connectivity index is 1.97. The average Bonchev–Trinajstić information content (AvgIpc) is 2.80. The zero-order valence-corrected chi connectivity index (χ0v) is 17.0. The third kappa shape index (κ3) is 3.91. The standard InChI is InChI=1S/C22H20F3N5O2/c1-29-18(26)17-15(13-8-4-2-5-9-13)12-16(14-10-6-3-7-11-14)28-19(17)30(21(29)27)32-20(31)22(23,24)25/h2-12,18,21H,26-27H2,1H3. The topological polar surface area (TPSA) is 97.7 Å². The number of benzene rings is 2. The van der Waals surface area contributed by atoms with Crippen molar-refractivity contribution < 1.29 is 22.8 Å². The molecule has 0 aliphatic carbocycles. The van der Waals surface area contributed by atoms with Crippen LogP contribution in [0.4, 0.5) is 19.0 Å². The van der Waals surface area contributed by atoms with Gasteiger partial charge in [0, 0.05) is 11.1 Å². The van der Waals surface area contributed by atoms with E-state index >= 15 is 0 Å². The van der Waals surface area contributed by atoms with Crippen molar-refractivity contribution in [3.05, 3.63) is 72.3 Å². The lowest BCUT2D eigenvalue weighted by Crippen LogP contribution is -2.60. The fourth-order valence-corrected chi connectivity index (χ4v) is 3.51. The number of aromatic nitrogens is 1. The fraction of sp³-hybridized carbons (Fsp3) is 0.182. The maximum absolute atomic E-state index is 13.0. The SMILES string of the molecule is CN1C(N)c2c(-c3ccccc3)cc(-c3ccccc3)nc2N(OC(=O)C(F)(F)F)C1N. The van der Waals surface area contributed by atoms with Gasteiger partial charge in [0.1, 0.15) is 0 Å². The van der Waals surface area contributed by atoms with E-state index in [-0.39, 0.29) is 5.82 Å². The maximum atomic E-state index is 13.0. The van der Waals surface area contributed by atoms with E-state index in [2.05, 4.69) is 9.82 Å². The molecule has 3 aromatic rings. The molecule has 10 heteroatoms. The van der Waals surface area contributed by atoms with E-state index in [0.29, 0.717) is 21.9 Å². The molecule has 2 heterocycles. The van der Waals surface area contributed by atoms with Gasteiger partial charge in [-0.3, -0.25) is 10.6 Å². The summed E-state index contributed by atoms with van der Waals surface area (Å²) in [6, 6.07) is 20.1. The molecule has 1 aliphatic heterocycles. The number of rotatable bonds is 3. The first-order valence-electron chi connectivity index (χ1n) is 9.65. The summed E-state index contributed by atoms with van der Waals surface area (Å²) in [4.78, 5) is 22.3. The zero-order chi connectivity index (χ0) is 23.0. The Morgan fingerprint density at radius 2 is 1.56 bits per heavy atom. The van der Waals surface area contributed by atoms with Gasteiger partial charge in [0.2, 0.25) is 0 Å². The van der Waals surface area contributed by atoms with Crippen LogP contribution >= 0.6 is 0 Å². The maximum Gasteiger partial charge on any atom is 0.493 e. The Hall–Kier alpha value is -3.47. The fourth-order valence-electron chi connectivity index (χ4n) is 3.51. The molecular weight excluding hydrogens is 423 g/mol. The van der Waals surface area contributed by atoms with Crippen LogP contribution < -0.4 is 16.5 Å². The Labute approximate surface area is 182 Å². The van der Waals surface area contributed by atoms with E-state index in [9.17, 15) is 18.0 Å². The second-order valence-electron chi connectivity index (χ2n) is 7.25. The van der Waals surface area contributed by atoms with Crippen molar-refractivity contribution in [3.8, 4) is 22.4 Å². The van der Waals surface area contributed by atoms with Crippen LogP contribution in [-0.4, -0.2) is 35.4 Å². The van der Waals surface area contributed by atoms with Crippen LogP contribution in [0.1, 0.15) is 11.7 Å². The lowest BCUT2D eigenvalue weighted by Gasteiger charge is -2.43. The summed E-state index contributed by atoms with van der Waals surface area (Å²) in [5.74, 6) is -2.46. The highest BCUT2D eigenvalue weighted by atomic mass is 19.4. The Morgan fingerprint density at radius 3 is 2.12 bits per heavy atom. The van der Waals surface area contributed by atoms with Crippen molar-refractivity contribution >= 4 is 11.8 Å². The summed E-state index contributed by atoms with van der Waals surface area (Å²) < 4.78 is 38.9. The van der Waals surface area contributed by atoms with E-state index in [1.807, 2.05) is 60.7 Å². The molecule has 0 radical (unpaired) electrons.